The molecule has 0 bridgehead atoms. The summed E-state index contributed by atoms with van der Waals surface area (Å²) in [5.41, 5.74) is 3.26. The van der Waals surface area contributed by atoms with E-state index < -0.39 is 23.4 Å². The van der Waals surface area contributed by atoms with Gasteiger partial charge in [-0.15, -0.1) is 0 Å². The van der Waals surface area contributed by atoms with Crippen molar-refractivity contribution in [3.05, 3.63) is 82.7 Å². The molecule has 0 radical (unpaired) electrons. The third kappa shape index (κ3) is 4.03. The predicted molar refractivity (Wildman–Crippen MR) is 128 cm³/mol. The summed E-state index contributed by atoms with van der Waals surface area (Å²) in [6.07, 6.45) is 0.311. The zero-order chi connectivity index (χ0) is 24.6. The van der Waals surface area contributed by atoms with Crippen molar-refractivity contribution in [3.63, 3.8) is 0 Å². The van der Waals surface area contributed by atoms with E-state index in [4.69, 9.17) is 4.74 Å². The molecular weight excluding hydrogens is 446 g/mol. The lowest BCUT2D eigenvalue weighted by Crippen LogP contribution is -2.48. The van der Waals surface area contributed by atoms with E-state index in [0.717, 1.165) is 27.4 Å². The summed E-state index contributed by atoms with van der Waals surface area (Å²) in [5, 5.41) is 10.3. The number of rotatable bonds is 6. The quantitative estimate of drug-likeness (QED) is 0.535. The van der Waals surface area contributed by atoms with Gasteiger partial charge < -0.3 is 15.4 Å². The van der Waals surface area contributed by atoms with E-state index in [-0.39, 0.29) is 13.1 Å². The lowest BCUT2D eigenvalue weighted by molar-refractivity contribution is -0.136. The van der Waals surface area contributed by atoms with Crippen LogP contribution in [0.5, 0.6) is 5.75 Å². The van der Waals surface area contributed by atoms with Crippen LogP contribution in [0.15, 0.2) is 54.6 Å². The molecule has 180 valence electrons. The number of carbonyl (C=O) groups excluding carboxylic acids is 3. The van der Waals surface area contributed by atoms with E-state index in [9.17, 15) is 14.4 Å². The van der Waals surface area contributed by atoms with Crippen LogP contribution < -0.4 is 15.4 Å². The number of aromatic nitrogens is 2. The number of imide groups is 1. The highest BCUT2D eigenvalue weighted by Crippen LogP contribution is 2.40. The van der Waals surface area contributed by atoms with E-state index in [0.29, 0.717) is 30.9 Å². The number of carbonyl (C=O) groups is 3. The van der Waals surface area contributed by atoms with Gasteiger partial charge in [0.05, 0.1) is 18.8 Å². The number of amides is 4. The summed E-state index contributed by atoms with van der Waals surface area (Å²) in [6.45, 7) is 4.71. The minimum absolute atomic E-state index is 0.261. The Hall–Kier alpha value is -4.14. The van der Waals surface area contributed by atoms with Crippen LogP contribution in [0.4, 0.5) is 4.79 Å². The Morgan fingerprint density at radius 1 is 1.11 bits per heavy atom. The molecule has 2 N–H and O–H groups in total. The van der Waals surface area contributed by atoms with Gasteiger partial charge in [0.1, 0.15) is 12.3 Å². The van der Waals surface area contributed by atoms with Crippen molar-refractivity contribution in [2.45, 2.75) is 38.9 Å². The number of aryl methyl sites for hydroxylation is 1. The van der Waals surface area contributed by atoms with E-state index >= 15 is 0 Å². The molecule has 2 aromatic carbocycles. The molecule has 1 saturated heterocycles. The monoisotopic (exact) mass is 473 g/mol. The second kappa shape index (κ2) is 8.90. The van der Waals surface area contributed by atoms with Crippen LogP contribution >= 0.6 is 0 Å². The summed E-state index contributed by atoms with van der Waals surface area (Å²) in [7, 11) is 0. The number of para-hydroxylation sites is 1. The predicted octanol–water partition coefficient (Wildman–Crippen LogP) is 2.39. The molecule has 4 amide bonds. The van der Waals surface area contributed by atoms with Crippen molar-refractivity contribution in [2.75, 3.05) is 13.2 Å². The molecule has 1 atom stereocenters. The van der Waals surface area contributed by atoms with Crippen LogP contribution in [0, 0.1) is 13.8 Å². The van der Waals surface area contributed by atoms with Crippen LogP contribution in [0.2, 0.25) is 0 Å². The van der Waals surface area contributed by atoms with Gasteiger partial charge in [-0.25, -0.2) is 4.79 Å². The van der Waals surface area contributed by atoms with Crippen molar-refractivity contribution in [1.29, 1.82) is 0 Å². The zero-order valence-corrected chi connectivity index (χ0v) is 19.7. The average Bonchev–Trinajstić information content (AvgIpc) is 3.25. The topological polar surface area (TPSA) is 106 Å². The Bertz CT molecular complexity index is 1300. The number of fused-ring (bicyclic) bond motifs is 2. The van der Waals surface area contributed by atoms with Gasteiger partial charge in [0.2, 0.25) is 5.91 Å². The van der Waals surface area contributed by atoms with E-state index in [1.165, 1.54) is 0 Å². The Kier molecular flexibility index (Phi) is 5.76. The summed E-state index contributed by atoms with van der Waals surface area (Å²) in [4.78, 5) is 39.8. The minimum atomic E-state index is -1.20. The van der Waals surface area contributed by atoms with Gasteiger partial charge in [0, 0.05) is 29.8 Å². The minimum Gasteiger partial charge on any atom is -0.493 e. The molecule has 9 nitrogen and oxygen atoms in total. The SMILES string of the molecule is Cc1nn(Cc2ccccc2)c(C)c1CNC(=O)CN1C(=O)N[C@]2(CCOc3ccccc32)C1=O. The lowest BCUT2D eigenvalue weighted by Gasteiger charge is -2.33. The molecule has 0 saturated carbocycles. The first-order valence-corrected chi connectivity index (χ1v) is 11.6. The molecule has 2 aliphatic heterocycles. The largest absolute Gasteiger partial charge is 0.493 e. The maximum absolute atomic E-state index is 13.3. The maximum atomic E-state index is 13.3. The third-order valence-electron chi connectivity index (χ3n) is 6.73. The van der Waals surface area contributed by atoms with Gasteiger partial charge in [-0.3, -0.25) is 19.2 Å². The molecular formula is C26H27N5O4. The van der Waals surface area contributed by atoms with Crippen LogP contribution in [0.1, 0.15) is 34.5 Å². The van der Waals surface area contributed by atoms with E-state index in [1.807, 2.05) is 54.9 Å². The van der Waals surface area contributed by atoms with Crippen LogP contribution in [-0.2, 0) is 28.2 Å². The number of nitrogens with one attached hydrogen (secondary N) is 2. The Labute approximate surface area is 203 Å². The van der Waals surface area contributed by atoms with Crippen LogP contribution in [0.3, 0.4) is 0 Å². The number of ether oxygens (including phenoxy) is 1. The van der Waals surface area contributed by atoms with E-state index in [1.54, 1.807) is 18.2 Å². The highest BCUT2D eigenvalue weighted by molar-refractivity contribution is 6.09. The molecule has 5 rings (SSSR count). The summed E-state index contributed by atoms with van der Waals surface area (Å²) in [6, 6.07) is 16.6. The Morgan fingerprint density at radius 3 is 2.66 bits per heavy atom. The van der Waals surface area contributed by atoms with Gasteiger partial charge >= 0.3 is 6.03 Å². The fourth-order valence-electron chi connectivity index (χ4n) is 4.80. The van der Waals surface area contributed by atoms with Crippen molar-refractivity contribution < 1.29 is 19.1 Å². The van der Waals surface area contributed by atoms with Gasteiger partial charge in [0.15, 0.2) is 5.54 Å². The van der Waals surface area contributed by atoms with Crippen molar-refractivity contribution in [1.82, 2.24) is 25.3 Å². The van der Waals surface area contributed by atoms with Gasteiger partial charge in [-0.1, -0.05) is 48.5 Å². The molecule has 2 aliphatic rings. The molecule has 1 fully saturated rings. The van der Waals surface area contributed by atoms with E-state index in [2.05, 4.69) is 15.7 Å². The Morgan fingerprint density at radius 2 is 1.86 bits per heavy atom. The fraction of sp³-hybridized carbons (Fsp3) is 0.308. The molecule has 9 heteroatoms. The summed E-state index contributed by atoms with van der Waals surface area (Å²) >= 11 is 0. The lowest BCUT2D eigenvalue weighted by atomic mass is 9.84. The number of hydrogen-bond acceptors (Lipinski definition) is 5. The van der Waals surface area contributed by atoms with Crippen molar-refractivity contribution in [2.24, 2.45) is 0 Å². The van der Waals surface area contributed by atoms with Crippen LogP contribution in [-0.4, -0.2) is 45.7 Å². The average molecular weight is 474 g/mol. The first-order valence-electron chi connectivity index (χ1n) is 11.6. The van der Waals surface area contributed by atoms with Crippen LogP contribution in [0.25, 0.3) is 0 Å². The normalized spacial score (nSPS) is 18.9. The number of nitrogens with zero attached hydrogens (tertiary/aromatic N) is 3. The molecule has 3 aromatic rings. The van der Waals surface area contributed by atoms with Gasteiger partial charge in [-0.2, -0.15) is 5.10 Å². The van der Waals surface area contributed by atoms with Crippen molar-refractivity contribution >= 4 is 17.8 Å². The molecule has 0 aliphatic carbocycles. The first kappa shape index (κ1) is 22.6. The standard InChI is InChI=1S/C26H27N5O4/c1-17-20(18(2)31(29-17)15-19-8-4-3-5-9-19)14-27-23(32)16-30-24(33)26(28-25(30)34)12-13-35-22-11-7-6-10-21(22)26/h3-11H,12-16H2,1-2H3,(H,27,32)(H,28,34)/t26-/m0/s1. The second-order valence-corrected chi connectivity index (χ2v) is 8.89. The van der Waals surface area contributed by atoms with Gasteiger partial charge in [-0.05, 0) is 25.5 Å². The zero-order valence-electron chi connectivity index (χ0n) is 19.7. The molecule has 1 aromatic heterocycles. The third-order valence-corrected chi connectivity index (χ3v) is 6.73. The smallest absolute Gasteiger partial charge is 0.325 e. The molecule has 3 heterocycles. The number of urea groups is 1. The summed E-state index contributed by atoms with van der Waals surface area (Å²) < 4.78 is 7.56. The molecule has 1 spiro atoms. The van der Waals surface area contributed by atoms with Gasteiger partial charge in [0.25, 0.3) is 5.91 Å². The maximum Gasteiger partial charge on any atom is 0.325 e. The van der Waals surface area contributed by atoms with Crippen molar-refractivity contribution in [3.8, 4) is 5.75 Å². The fourth-order valence-corrected chi connectivity index (χ4v) is 4.80. The summed E-state index contributed by atoms with van der Waals surface area (Å²) in [5.74, 6) is -0.283. The number of benzene rings is 2. The second-order valence-electron chi connectivity index (χ2n) is 8.89. The molecule has 0 unspecified atom stereocenters. The number of hydrogen-bond donors (Lipinski definition) is 2. The Balaban J connectivity index is 1.26. The highest BCUT2D eigenvalue weighted by atomic mass is 16.5. The highest BCUT2D eigenvalue weighted by Gasteiger charge is 2.55. The first-order chi connectivity index (χ1) is 16.9. The molecule has 35 heavy (non-hydrogen) atoms.